The molecule has 7 aliphatic rings. The van der Waals surface area contributed by atoms with Gasteiger partial charge in [-0.3, -0.25) is 19.2 Å². The Morgan fingerprint density at radius 1 is 0.542 bits per heavy atom. The number of carbonyl (C=O) groups excluding carboxylic acids is 4. The number of aliphatic hydroxyl groups excluding tert-OH is 14. The van der Waals surface area contributed by atoms with Crippen molar-refractivity contribution in [2.24, 2.45) is 0 Å². The van der Waals surface area contributed by atoms with Crippen LogP contribution in [0.5, 0.6) is 0 Å². The molecule has 7 heterocycles. The second-order valence-corrected chi connectivity index (χ2v) is 19.8. The van der Waals surface area contributed by atoms with E-state index in [0.717, 1.165) is 19.4 Å². The maximum atomic E-state index is 13.1. The Balaban J connectivity index is 1.36. The van der Waals surface area contributed by atoms with E-state index in [0.29, 0.717) is 0 Å². The van der Waals surface area contributed by atoms with Gasteiger partial charge in [0.1, 0.15) is 128 Å². The Labute approximate surface area is 475 Å². The van der Waals surface area contributed by atoms with E-state index in [2.05, 4.69) is 5.32 Å². The van der Waals surface area contributed by atoms with Crippen LogP contribution in [0.15, 0.2) is 24.4 Å². The Hall–Kier alpha value is -3.16. The summed E-state index contributed by atoms with van der Waals surface area (Å²) < 4.78 is 78.7. The third-order valence-corrected chi connectivity index (χ3v) is 14.1. The highest BCUT2D eigenvalue weighted by Gasteiger charge is 2.51. The number of methoxy groups -OCH3 is 2. The predicted molar refractivity (Wildman–Crippen MR) is 267 cm³/mol. The van der Waals surface area contributed by atoms with Crippen LogP contribution in [0.3, 0.4) is 0 Å². The number of ketones is 1. The van der Waals surface area contributed by atoms with E-state index in [1.165, 1.54) is 19.3 Å². The minimum absolute atomic E-state index is 0.0477. The van der Waals surface area contributed by atoms with Crippen molar-refractivity contribution < 1.29 is 157 Å². The van der Waals surface area contributed by atoms with Crippen molar-refractivity contribution in [3.63, 3.8) is 0 Å². The number of nitrogens with one attached hydrogen (secondary N) is 1. The van der Waals surface area contributed by atoms with Gasteiger partial charge in [-0.1, -0.05) is 12.2 Å². The van der Waals surface area contributed by atoms with E-state index in [1.807, 2.05) is 0 Å². The molecular weight excluding hydrogens is 1130 g/mol. The molecule has 15 N–H and O–H groups in total. The summed E-state index contributed by atoms with van der Waals surface area (Å²) in [4.78, 5) is 50.9. The Morgan fingerprint density at radius 2 is 0.976 bits per heavy atom. The van der Waals surface area contributed by atoms with Crippen LogP contribution < -0.4 is 5.32 Å². The fourth-order valence-electron chi connectivity index (χ4n) is 9.54. The molecule has 7 rings (SSSR count). The zero-order chi connectivity index (χ0) is 60.9. The highest BCUT2D eigenvalue weighted by Crippen LogP contribution is 2.31. The maximum Gasteiger partial charge on any atom is 0.223 e. The zero-order valence-corrected chi connectivity index (χ0v) is 45.5. The molecular formula is C50H81NO32. The third-order valence-electron chi connectivity index (χ3n) is 14.1. The first kappa shape index (κ1) is 70.6. The van der Waals surface area contributed by atoms with Crippen LogP contribution in [0.2, 0.25) is 0 Å². The molecule has 33 heteroatoms. The smallest absolute Gasteiger partial charge is 0.223 e. The lowest BCUT2D eigenvalue weighted by molar-refractivity contribution is -0.334. The molecule has 83 heavy (non-hydrogen) atoms. The van der Waals surface area contributed by atoms with Gasteiger partial charge in [0, 0.05) is 52.9 Å². The van der Waals surface area contributed by atoms with E-state index in [4.69, 9.17) is 66.3 Å². The van der Waals surface area contributed by atoms with Gasteiger partial charge in [-0.2, -0.15) is 0 Å². The molecule has 0 saturated carbocycles. The van der Waals surface area contributed by atoms with E-state index < -0.39 is 205 Å². The van der Waals surface area contributed by atoms with Crippen molar-refractivity contribution in [2.45, 2.75) is 198 Å². The van der Waals surface area contributed by atoms with Crippen LogP contribution in [0, 0.1) is 0 Å². The van der Waals surface area contributed by atoms with Crippen LogP contribution >= 0.6 is 0 Å². The largest absolute Gasteiger partial charge is 0.394 e. The van der Waals surface area contributed by atoms with Gasteiger partial charge in [0.25, 0.3) is 0 Å². The highest BCUT2D eigenvalue weighted by atomic mass is 16.8. The summed E-state index contributed by atoms with van der Waals surface area (Å²) in [5.41, 5.74) is 0. The van der Waals surface area contributed by atoms with Crippen LogP contribution in [-0.4, -0.2) is 323 Å². The molecule has 4 bridgehead atoms. The number of amides is 1. The van der Waals surface area contributed by atoms with Crippen molar-refractivity contribution in [3.8, 4) is 0 Å². The molecule has 33 nitrogen and oxygen atoms in total. The number of ether oxygens (including phenoxy) is 14. The van der Waals surface area contributed by atoms with Crippen molar-refractivity contribution in [3.05, 3.63) is 24.4 Å². The Bertz CT molecular complexity index is 1840. The zero-order valence-electron chi connectivity index (χ0n) is 45.5. The molecule has 0 aliphatic carbocycles. The fraction of sp³-hybridized carbons (Fsp3) is 0.840. The van der Waals surface area contributed by atoms with E-state index in [-0.39, 0.29) is 70.1 Å². The monoisotopic (exact) mass is 1210 g/mol. The second-order valence-electron chi connectivity index (χ2n) is 19.8. The first-order valence-electron chi connectivity index (χ1n) is 26.9. The van der Waals surface area contributed by atoms with Gasteiger partial charge in [-0.25, -0.2) is 0 Å². The van der Waals surface area contributed by atoms with E-state index in [9.17, 15) is 90.7 Å². The number of carbonyl (C=O) groups is 4. The lowest BCUT2D eigenvalue weighted by Gasteiger charge is -2.44. The average Bonchev–Trinajstić information content (AvgIpc) is 3.69. The number of fused-ring (bicyclic) bond motifs is 2. The second kappa shape index (κ2) is 35.6. The van der Waals surface area contributed by atoms with Crippen molar-refractivity contribution in [1.82, 2.24) is 5.32 Å². The molecule has 0 aromatic rings. The predicted octanol–water partition coefficient (Wildman–Crippen LogP) is -8.74. The van der Waals surface area contributed by atoms with Gasteiger partial charge in [-0.15, -0.1) is 0 Å². The van der Waals surface area contributed by atoms with Crippen LogP contribution in [0.4, 0.5) is 0 Å². The van der Waals surface area contributed by atoms with Crippen LogP contribution in [0.1, 0.15) is 38.5 Å². The summed E-state index contributed by atoms with van der Waals surface area (Å²) in [6, 6.07) is 0. The first-order chi connectivity index (χ1) is 39.9. The summed E-state index contributed by atoms with van der Waals surface area (Å²) in [5.74, 6) is -0.986. The Kier molecular flexibility index (Phi) is 30.3. The summed E-state index contributed by atoms with van der Waals surface area (Å²) in [6.07, 6.45) is -38.9. The van der Waals surface area contributed by atoms with Gasteiger partial charge in [0.05, 0.1) is 39.6 Å². The molecule has 478 valence electrons. The number of hydrogen-bond donors (Lipinski definition) is 15. The number of hydrogen-bond acceptors (Lipinski definition) is 32. The van der Waals surface area contributed by atoms with Gasteiger partial charge in [0.15, 0.2) is 37.7 Å². The molecule has 1 amide bonds. The molecule has 4 fully saturated rings. The number of rotatable bonds is 20. The lowest BCUT2D eigenvalue weighted by atomic mass is 9.98. The lowest BCUT2D eigenvalue weighted by Crippen LogP contribution is -2.61. The number of aliphatic hydroxyl groups is 14. The fourth-order valence-corrected chi connectivity index (χ4v) is 9.54. The minimum Gasteiger partial charge on any atom is -0.394 e. The van der Waals surface area contributed by atoms with Gasteiger partial charge < -0.3 is 143 Å². The number of allylic oxidation sites excluding steroid dienone is 1. The van der Waals surface area contributed by atoms with E-state index >= 15 is 0 Å². The summed E-state index contributed by atoms with van der Waals surface area (Å²) in [6.45, 7) is -5.79. The Morgan fingerprint density at radius 3 is 1.39 bits per heavy atom. The molecule has 4 saturated heterocycles. The molecule has 26 atom stereocenters. The SMILES string of the molecule is CO[C@H]1OC(CO)[C@@H](OC(C=O)OC(CO)C2/C=C\CC(=O)CCCCC(=O)N/C=C\C(C(CO)OC(C=O)O[C@H]3C(CO)O[C@@H](OC)[C@@H](O)C3O)O[C@@H]3OC(CO)[C@@H](OCCCO[C@H]4C(CO)O[C@H](O2)[C@H](O)C4O)C(O)[C@@H]3O)C(O)[C@H]1O. The van der Waals surface area contributed by atoms with Gasteiger partial charge >= 0.3 is 0 Å². The van der Waals surface area contributed by atoms with Crippen molar-refractivity contribution in [2.75, 3.05) is 67.1 Å². The number of aldehydes is 2. The normalized spacial score (nSPS) is 41.1. The number of Topliss-reactive ketones (excluding diaryl/α,β-unsaturated/α-hetero) is 1. The van der Waals surface area contributed by atoms with Crippen LogP contribution in [0.25, 0.3) is 0 Å². The van der Waals surface area contributed by atoms with Gasteiger partial charge in [0.2, 0.25) is 18.5 Å². The minimum atomic E-state index is -2.00. The standard InChI is InChI=1S/C50H81NO32/c1-70-47-39(66)37(64)45(30(19-56)78-47)82-33(21-58)74-26(15-52)24-9-5-8-23(60)7-3-4-10-32(61)51-12-11-25(27(16-53)75-34(22-59)83-46-31(20-57)79-48(71-2)40(67)38(46)65)77-50-42(69)36(63)44(29(18-55)81-50)73-14-6-13-72-43-28(17-54)80-49(76-24)41(68)35(43)62/h5,9,11-12,21-22,24-31,33-50,52-57,62-69H,3-4,6-8,10,13-20H2,1-2H3,(H,51,61)/b9-5-,12-11-/t24?,25?,26?,27?,28?,29?,30?,31?,33?,34?,35?,36?,37?,38?,39-,40+,41-,42+,43+,44-,45-,46+,47+,48-,49+,50-/m1/s1. The summed E-state index contributed by atoms with van der Waals surface area (Å²) in [7, 11) is 2.33. The van der Waals surface area contributed by atoms with Crippen molar-refractivity contribution >= 4 is 24.3 Å². The highest BCUT2D eigenvalue weighted by molar-refractivity contribution is 5.80. The summed E-state index contributed by atoms with van der Waals surface area (Å²) >= 11 is 0. The van der Waals surface area contributed by atoms with Crippen molar-refractivity contribution in [1.29, 1.82) is 0 Å². The third kappa shape index (κ3) is 19.2. The molecule has 14 unspecified atom stereocenters. The van der Waals surface area contributed by atoms with Crippen LogP contribution in [-0.2, 0) is 85.5 Å². The maximum absolute atomic E-state index is 13.1. The topological polar surface area (TPSA) is 493 Å². The quantitative estimate of drug-likeness (QED) is 0.0306. The molecule has 0 aromatic carbocycles. The van der Waals surface area contributed by atoms with Gasteiger partial charge in [-0.05, 0) is 25.3 Å². The molecule has 7 aliphatic heterocycles. The average molecular weight is 1210 g/mol. The first-order valence-corrected chi connectivity index (χ1v) is 26.9. The molecule has 0 spiro atoms. The molecule has 0 radical (unpaired) electrons. The molecule has 0 aromatic heterocycles. The summed E-state index contributed by atoms with van der Waals surface area (Å²) in [5, 5.41) is 152. The van der Waals surface area contributed by atoms with E-state index in [1.54, 1.807) is 0 Å².